The molecule has 0 saturated heterocycles. The fraction of sp³-hybridized carbons (Fsp3) is 0.200. The summed E-state index contributed by atoms with van der Waals surface area (Å²) in [6.07, 6.45) is 0.630. The van der Waals surface area contributed by atoms with Crippen molar-refractivity contribution in [1.82, 2.24) is 0 Å². The molecule has 15 heavy (non-hydrogen) atoms. The lowest BCUT2D eigenvalue weighted by molar-refractivity contribution is 0.0697. The van der Waals surface area contributed by atoms with Gasteiger partial charge < -0.3 is 10.8 Å². The lowest BCUT2D eigenvalue weighted by atomic mass is 10.1. The summed E-state index contributed by atoms with van der Waals surface area (Å²) in [4.78, 5) is 11.5. The van der Waals surface area contributed by atoms with Crippen LogP contribution in [0.2, 0.25) is 0 Å². The van der Waals surface area contributed by atoms with E-state index in [-0.39, 0.29) is 16.1 Å². The highest BCUT2D eigenvalue weighted by molar-refractivity contribution is 7.17. The minimum Gasteiger partial charge on any atom is -0.478 e. The Morgan fingerprint density at radius 2 is 2.33 bits per heavy atom. The van der Waals surface area contributed by atoms with Gasteiger partial charge in [-0.1, -0.05) is 13.5 Å². The van der Waals surface area contributed by atoms with Crippen LogP contribution in [0.25, 0.3) is 5.57 Å². The second-order valence-electron chi connectivity index (χ2n) is 2.92. The molecule has 0 spiro atoms. The molecule has 0 radical (unpaired) electrons. The number of hydrogen-bond donors (Lipinski definition) is 2. The van der Waals surface area contributed by atoms with Crippen LogP contribution in [-0.4, -0.2) is 11.1 Å². The highest BCUT2D eigenvalue weighted by Gasteiger charge is 2.22. The molecule has 0 unspecified atom stereocenters. The molecule has 4 nitrogen and oxygen atoms in total. The Kier molecular flexibility index (Phi) is 3.12. The molecule has 1 aromatic rings. The van der Waals surface area contributed by atoms with Gasteiger partial charge in [-0.3, -0.25) is 0 Å². The van der Waals surface area contributed by atoms with Crippen LogP contribution in [0.15, 0.2) is 6.58 Å². The van der Waals surface area contributed by atoms with Crippen molar-refractivity contribution in [2.24, 2.45) is 0 Å². The molecule has 0 aliphatic heterocycles. The molecule has 0 amide bonds. The highest BCUT2D eigenvalue weighted by atomic mass is 32.1. The van der Waals surface area contributed by atoms with E-state index in [1.807, 2.05) is 13.0 Å². The van der Waals surface area contributed by atoms with Crippen molar-refractivity contribution in [3.05, 3.63) is 22.6 Å². The van der Waals surface area contributed by atoms with Gasteiger partial charge in [0.25, 0.3) is 0 Å². The van der Waals surface area contributed by atoms with E-state index in [2.05, 4.69) is 6.58 Å². The summed E-state index contributed by atoms with van der Waals surface area (Å²) in [5, 5.41) is 18.0. The normalized spacial score (nSPS) is 9.60. The van der Waals surface area contributed by atoms with Crippen molar-refractivity contribution in [2.75, 3.05) is 5.73 Å². The van der Waals surface area contributed by atoms with Crippen molar-refractivity contribution in [3.8, 4) is 6.07 Å². The molecule has 0 saturated carbocycles. The van der Waals surface area contributed by atoms with Crippen LogP contribution in [0.4, 0.5) is 5.00 Å². The third-order valence-electron chi connectivity index (χ3n) is 2.01. The molecule has 1 heterocycles. The summed E-state index contributed by atoms with van der Waals surface area (Å²) in [5.74, 6) is -1.14. The lowest BCUT2D eigenvalue weighted by Gasteiger charge is -2.00. The van der Waals surface area contributed by atoms with Crippen LogP contribution in [0.5, 0.6) is 0 Å². The van der Waals surface area contributed by atoms with Crippen LogP contribution in [0, 0.1) is 11.3 Å². The van der Waals surface area contributed by atoms with Gasteiger partial charge in [-0.05, 0) is 12.0 Å². The Balaban J connectivity index is 3.48. The van der Waals surface area contributed by atoms with Crippen molar-refractivity contribution in [1.29, 1.82) is 5.26 Å². The smallest absolute Gasteiger partial charge is 0.338 e. The number of anilines is 1. The molecular weight excluding hydrogens is 212 g/mol. The fourth-order valence-electron chi connectivity index (χ4n) is 1.17. The van der Waals surface area contributed by atoms with E-state index < -0.39 is 5.97 Å². The van der Waals surface area contributed by atoms with Gasteiger partial charge in [0.15, 0.2) is 0 Å². The Bertz CT molecular complexity index is 469. The van der Waals surface area contributed by atoms with Gasteiger partial charge in [-0.25, -0.2) is 4.79 Å². The zero-order valence-electron chi connectivity index (χ0n) is 8.20. The van der Waals surface area contributed by atoms with Crippen molar-refractivity contribution < 1.29 is 9.90 Å². The van der Waals surface area contributed by atoms with E-state index in [1.54, 1.807) is 0 Å². The number of carboxylic acids is 1. The average molecular weight is 222 g/mol. The van der Waals surface area contributed by atoms with Crippen LogP contribution in [0.3, 0.4) is 0 Å². The van der Waals surface area contributed by atoms with Crippen LogP contribution >= 0.6 is 11.3 Å². The van der Waals surface area contributed by atoms with E-state index in [9.17, 15) is 4.79 Å². The third-order valence-corrected chi connectivity index (χ3v) is 3.13. The van der Waals surface area contributed by atoms with Crippen LogP contribution in [-0.2, 0) is 0 Å². The maximum atomic E-state index is 11.0. The molecular formula is C10H10N2O2S. The highest BCUT2D eigenvalue weighted by Crippen LogP contribution is 2.35. The van der Waals surface area contributed by atoms with Gasteiger partial charge >= 0.3 is 5.97 Å². The fourth-order valence-corrected chi connectivity index (χ4v) is 2.22. The Morgan fingerprint density at radius 1 is 1.73 bits per heavy atom. The molecule has 0 aliphatic rings. The second kappa shape index (κ2) is 4.15. The maximum absolute atomic E-state index is 11.0. The van der Waals surface area contributed by atoms with Gasteiger partial charge in [-0.15, -0.1) is 11.3 Å². The number of carboxylic acid groups (broad SMARTS) is 1. The van der Waals surface area contributed by atoms with Gasteiger partial charge in [-0.2, -0.15) is 5.26 Å². The Morgan fingerprint density at radius 3 is 2.73 bits per heavy atom. The van der Waals surface area contributed by atoms with Gasteiger partial charge in [0.1, 0.15) is 16.6 Å². The van der Waals surface area contributed by atoms with E-state index >= 15 is 0 Å². The molecule has 0 aromatic carbocycles. The first-order valence-corrected chi connectivity index (χ1v) is 5.08. The van der Waals surface area contributed by atoms with E-state index in [0.29, 0.717) is 16.9 Å². The van der Waals surface area contributed by atoms with Crippen LogP contribution in [0.1, 0.15) is 34.1 Å². The molecule has 0 atom stereocenters. The summed E-state index contributed by atoms with van der Waals surface area (Å²) in [6.45, 7) is 5.63. The first-order chi connectivity index (χ1) is 7.02. The summed E-state index contributed by atoms with van der Waals surface area (Å²) in [6, 6.07) is 1.81. The summed E-state index contributed by atoms with van der Waals surface area (Å²) in [7, 11) is 0. The largest absolute Gasteiger partial charge is 0.478 e. The number of allylic oxidation sites excluding steroid dienone is 1. The van der Waals surface area contributed by atoms with Gasteiger partial charge in [0, 0.05) is 4.88 Å². The minimum atomic E-state index is -1.14. The average Bonchev–Trinajstić information content (AvgIpc) is 2.53. The Hall–Kier alpha value is -1.80. The van der Waals surface area contributed by atoms with Gasteiger partial charge in [0.05, 0.1) is 5.56 Å². The molecule has 0 fully saturated rings. The molecule has 0 bridgehead atoms. The van der Waals surface area contributed by atoms with Crippen LogP contribution < -0.4 is 5.73 Å². The maximum Gasteiger partial charge on any atom is 0.338 e. The van der Waals surface area contributed by atoms with Crippen molar-refractivity contribution in [2.45, 2.75) is 13.3 Å². The molecule has 5 heteroatoms. The number of nitrogens with zero attached hydrogens (tertiary/aromatic N) is 1. The monoisotopic (exact) mass is 222 g/mol. The Labute approximate surface area is 91.3 Å². The number of rotatable bonds is 3. The standard InChI is InChI=1S/C10H10N2O2S/c1-3-5(2)8-7(10(13)14)6(4-11)9(12)15-8/h2-3,12H2,1H3,(H,13,14). The number of nitrogen functional groups attached to an aromatic ring is 1. The number of hydrogen-bond acceptors (Lipinski definition) is 4. The second-order valence-corrected chi connectivity index (χ2v) is 3.97. The predicted molar refractivity (Wildman–Crippen MR) is 59.7 cm³/mol. The summed E-state index contributed by atoms with van der Waals surface area (Å²) >= 11 is 1.10. The van der Waals surface area contributed by atoms with E-state index in [1.165, 1.54) is 0 Å². The number of carbonyl (C=O) groups is 1. The zero-order chi connectivity index (χ0) is 11.6. The number of thiophene rings is 1. The zero-order valence-corrected chi connectivity index (χ0v) is 9.02. The number of nitriles is 1. The summed E-state index contributed by atoms with van der Waals surface area (Å²) in [5.41, 5.74) is 6.28. The SMILES string of the molecule is C=C(CC)c1sc(N)c(C#N)c1C(=O)O. The first-order valence-electron chi connectivity index (χ1n) is 4.26. The molecule has 1 aromatic heterocycles. The van der Waals surface area contributed by atoms with Gasteiger partial charge in [0.2, 0.25) is 0 Å². The molecule has 78 valence electrons. The molecule has 1 rings (SSSR count). The third kappa shape index (κ3) is 1.85. The minimum absolute atomic E-state index is 0.0214. The van der Waals surface area contributed by atoms with E-state index in [0.717, 1.165) is 11.3 Å². The molecule has 3 N–H and O–H groups in total. The first kappa shape index (κ1) is 11.3. The van der Waals surface area contributed by atoms with E-state index in [4.69, 9.17) is 16.1 Å². The molecule has 0 aliphatic carbocycles. The number of nitrogens with two attached hydrogens (primary N) is 1. The van der Waals surface area contributed by atoms with Crippen molar-refractivity contribution in [3.63, 3.8) is 0 Å². The summed E-state index contributed by atoms with van der Waals surface area (Å²) < 4.78 is 0. The lowest BCUT2D eigenvalue weighted by Crippen LogP contribution is -2.01. The quantitative estimate of drug-likeness (QED) is 0.821. The topological polar surface area (TPSA) is 87.1 Å². The number of aromatic carboxylic acids is 1. The predicted octanol–water partition coefficient (Wildman–Crippen LogP) is 2.32. The van der Waals surface area contributed by atoms with Crippen molar-refractivity contribution >= 4 is 27.9 Å².